The van der Waals surface area contributed by atoms with Gasteiger partial charge in [0.05, 0.1) is 6.10 Å². The highest BCUT2D eigenvalue weighted by molar-refractivity contribution is 5.85. The van der Waals surface area contributed by atoms with Gasteiger partial charge in [0.15, 0.2) is 6.04 Å². The molecule has 0 radical (unpaired) electrons. The van der Waals surface area contributed by atoms with Gasteiger partial charge in [-0.15, -0.1) is 0 Å². The van der Waals surface area contributed by atoms with Crippen molar-refractivity contribution in [2.45, 2.75) is 38.8 Å². The molecule has 1 aromatic heterocycles. The van der Waals surface area contributed by atoms with Crippen LogP contribution in [-0.4, -0.2) is 57.0 Å². The van der Waals surface area contributed by atoms with Crippen molar-refractivity contribution in [3.8, 4) is 0 Å². The summed E-state index contributed by atoms with van der Waals surface area (Å²) in [6.45, 7) is 3.10. The number of rotatable bonds is 8. The molecule has 0 aliphatic heterocycles. The molecule has 0 spiro atoms. The first kappa shape index (κ1) is 19.4. The standard InChI is InChI=1S/C15H21N3O6/c1-9-5-6-16-11(8-9)18(15(23)24)7-3-4-12(20)17-13(10(2)19)14(21)22/h5-6,8,10,13,19H,3-4,7H2,1-2H3,(H,17,20)(H,21,22)(H,23,24)/t10-,13+/m1/s1. The number of nitrogens with one attached hydrogen (secondary N) is 1. The summed E-state index contributed by atoms with van der Waals surface area (Å²) in [5.74, 6) is -1.66. The molecule has 2 amide bonds. The molecule has 0 fully saturated rings. The van der Waals surface area contributed by atoms with Gasteiger partial charge in [0.1, 0.15) is 5.82 Å². The monoisotopic (exact) mass is 339 g/mol. The fraction of sp³-hybridized carbons (Fsp3) is 0.467. The number of amides is 2. The minimum atomic E-state index is -1.40. The lowest BCUT2D eigenvalue weighted by atomic mass is 10.1. The maximum atomic E-state index is 11.7. The largest absolute Gasteiger partial charge is 0.480 e. The third-order valence-corrected chi connectivity index (χ3v) is 3.26. The number of anilines is 1. The van der Waals surface area contributed by atoms with Gasteiger partial charge in [-0.25, -0.2) is 14.6 Å². The van der Waals surface area contributed by atoms with E-state index in [2.05, 4.69) is 10.3 Å². The van der Waals surface area contributed by atoms with Crippen LogP contribution in [0.5, 0.6) is 0 Å². The van der Waals surface area contributed by atoms with E-state index in [4.69, 9.17) is 5.11 Å². The van der Waals surface area contributed by atoms with Crippen molar-refractivity contribution in [3.63, 3.8) is 0 Å². The topological polar surface area (TPSA) is 140 Å². The molecule has 9 nitrogen and oxygen atoms in total. The zero-order chi connectivity index (χ0) is 18.3. The minimum absolute atomic E-state index is 0.0334. The molecule has 2 atom stereocenters. The zero-order valence-corrected chi connectivity index (χ0v) is 13.5. The van der Waals surface area contributed by atoms with E-state index in [0.717, 1.165) is 10.5 Å². The molecule has 0 aromatic carbocycles. The Bertz CT molecular complexity index is 605. The van der Waals surface area contributed by atoms with E-state index in [1.54, 1.807) is 19.1 Å². The average Bonchev–Trinajstić information content (AvgIpc) is 2.48. The maximum Gasteiger partial charge on any atom is 0.413 e. The highest BCUT2D eigenvalue weighted by atomic mass is 16.4. The lowest BCUT2D eigenvalue weighted by molar-refractivity contribution is -0.144. The van der Waals surface area contributed by atoms with E-state index >= 15 is 0 Å². The molecule has 0 saturated heterocycles. The quantitative estimate of drug-likeness (QED) is 0.544. The van der Waals surface area contributed by atoms with Gasteiger partial charge in [-0.05, 0) is 38.0 Å². The zero-order valence-electron chi connectivity index (χ0n) is 13.5. The van der Waals surface area contributed by atoms with Gasteiger partial charge in [-0.3, -0.25) is 9.69 Å². The summed E-state index contributed by atoms with van der Waals surface area (Å²) >= 11 is 0. The Kier molecular flexibility index (Phi) is 7.12. The molecule has 0 aliphatic rings. The molecule has 0 aliphatic carbocycles. The van der Waals surface area contributed by atoms with Gasteiger partial charge >= 0.3 is 12.1 Å². The highest BCUT2D eigenvalue weighted by Crippen LogP contribution is 2.13. The summed E-state index contributed by atoms with van der Waals surface area (Å²) in [5.41, 5.74) is 0.852. The van der Waals surface area contributed by atoms with Crippen molar-refractivity contribution in [1.29, 1.82) is 0 Å². The van der Waals surface area contributed by atoms with E-state index in [1.165, 1.54) is 13.1 Å². The molecule has 9 heteroatoms. The molecule has 24 heavy (non-hydrogen) atoms. The van der Waals surface area contributed by atoms with Crippen molar-refractivity contribution < 1.29 is 29.7 Å². The molecule has 1 aromatic rings. The van der Waals surface area contributed by atoms with Crippen LogP contribution in [0.15, 0.2) is 18.3 Å². The van der Waals surface area contributed by atoms with Crippen LogP contribution in [0.3, 0.4) is 0 Å². The summed E-state index contributed by atoms with van der Waals surface area (Å²) in [6, 6.07) is 1.95. The second-order valence-corrected chi connectivity index (χ2v) is 5.35. The summed E-state index contributed by atoms with van der Waals surface area (Å²) in [5, 5.41) is 29.6. The Morgan fingerprint density at radius 1 is 1.33 bits per heavy atom. The van der Waals surface area contributed by atoms with Gasteiger partial charge < -0.3 is 20.6 Å². The van der Waals surface area contributed by atoms with E-state index in [-0.39, 0.29) is 25.2 Å². The molecule has 132 valence electrons. The smallest absolute Gasteiger partial charge is 0.413 e. The summed E-state index contributed by atoms with van der Waals surface area (Å²) in [7, 11) is 0. The van der Waals surface area contributed by atoms with E-state index in [1.807, 2.05) is 0 Å². The first-order valence-electron chi connectivity index (χ1n) is 7.35. The number of nitrogens with zero attached hydrogens (tertiary/aromatic N) is 2. The van der Waals surface area contributed by atoms with Gasteiger partial charge in [0, 0.05) is 19.2 Å². The first-order chi connectivity index (χ1) is 11.2. The number of carboxylic acids is 1. The molecule has 1 heterocycles. The number of aliphatic hydroxyl groups is 1. The summed E-state index contributed by atoms with van der Waals surface area (Å²) in [4.78, 5) is 39.0. The number of carboxylic acid groups (broad SMARTS) is 2. The Balaban J connectivity index is 2.58. The van der Waals surface area contributed by atoms with E-state index in [0.29, 0.717) is 0 Å². The van der Waals surface area contributed by atoms with E-state index < -0.39 is 30.1 Å². The SMILES string of the molecule is Cc1ccnc(N(CCCC(=O)N[C@H](C(=O)O)[C@@H](C)O)C(=O)O)c1. The van der Waals surface area contributed by atoms with Crippen LogP contribution in [0.2, 0.25) is 0 Å². The van der Waals surface area contributed by atoms with E-state index in [9.17, 15) is 24.6 Å². The fourth-order valence-electron chi connectivity index (χ4n) is 2.01. The van der Waals surface area contributed by atoms with Gasteiger partial charge in [0.25, 0.3) is 0 Å². The van der Waals surface area contributed by atoms with Crippen LogP contribution in [0.1, 0.15) is 25.3 Å². The number of hydrogen-bond acceptors (Lipinski definition) is 5. The van der Waals surface area contributed by atoms with Crippen molar-refractivity contribution in [1.82, 2.24) is 10.3 Å². The lowest BCUT2D eigenvalue weighted by Gasteiger charge is -2.19. The number of aryl methyl sites for hydroxylation is 1. The Morgan fingerprint density at radius 2 is 2.00 bits per heavy atom. The molecule has 4 N–H and O–H groups in total. The van der Waals surface area contributed by atoms with Crippen LogP contribution >= 0.6 is 0 Å². The van der Waals surface area contributed by atoms with Crippen LogP contribution in [-0.2, 0) is 9.59 Å². The number of aliphatic hydroxyl groups excluding tert-OH is 1. The molecule has 0 bridgehead atoms. The normalized spacial score (nSPS) is 13.0. The number of aliphatic carboxylic acids is 1. The third-order valence-electron chi connectivity index (χ3n) is 3.26. The van der Waals surface area contributed by atoms with Crippen molar-refractivity contribution in [2.75, 3.05) is 11.4 Å². The molecule has 1 rings (SSSR count). The molecule has 0 unspecified atom stereocenters. The molecular weight excluding hydrogens is 318 g/mol. The lowest BCUT2D eigenvalue weighted by Crippen LogP contribution is -2.47. The summed E-state index contributed by atoms with van der Waals surface area (Å²) in [6.07, 6.45) is -0.835. The predicted octanol–water partition coefficient (Wildman–Crippen LogP) is 0.605. The molecular formula is C15H21N3O6. The number of carbonyl (C=O) groups is 3. The third kappa shape index (κ3) is 5.84. The van der Waals surface area contributed by atoms with Gasteiger partial charge in [-0.1, -0.05) is 0 Å². The van der Waals surface area contributed by atoms with Crippen LogP contribution in [0.4, 0.5) is 10.6 Å². The highest BCUT2D eigenvalue weighted by Gasteiger charge is 2.25. The first-order valence-corrected chi connectivity index (χ1v) is 7.35. The van der Waals surface area contributed by atoms with Crippen molar-refractivity contribution >= 4 is 23.8 Å². The Hall–Kier alpha value is -2.68. The van der Waals surface area contributed by atoms with Gasteiger partial charge in [-0.2, -0.15) is 0 Å². The second kappa shape index (κ2) is 8.82. The van der Waals surface area contributed by atoms with Crippen molar-refractivity contribution in [3.05, 3.63) is 23.9 Å². The maximum absolute atomic E-state index is 11.7. The minimum Gasteiger partial charge on any atom is -0.480 e. The van der Waals surface area contributed by atoms with Crippen LogP contribution in [0.25, 0.3) is 0 Å². The summed E-state index contributed by atoms with van der Waals surface area (Å²) < 4.78 is 0. The Morgan fingerprint density at radius 3 is 2.50 bits per heavy atom. The van der Waals surface area contributed by atoms with Crippen LogP contribution < -0.4 is 10.2 Å². The number of aromatic nitrogens is 1. The average molecular weight is 339 g/mol. The number of carbonyl (C=O) groups excluding carboxylic acids is 1. The number of pyridine rings is 1. The molecule has 0 saturated carbocycles. The second-order valence-electron chi connectivity index (χ2n) is 5.35. The van der Waals surface area contributed by atoms with Crippen molar-refractivity contribution in [2.24, 2.45) is 0 Å². The van der Waals surface area contributed by atoms with Crippen LogP contribution in [0, 0.1) is 6.92 Å². The fourth-order valence-corrected chi connectivity index (χ4v) is 2.01. The predicted molar refractivity (Wildman–Crippen MR) is 84.8 cm³/mol. The van der Waals surface area contributed by atoms with Gasteiger partial charge in [0.2, 0.25) is 5.91 Å². The number of hydrogen-bond donors (Lipinski definition) is 4. The Labute approximate surface area is 138 Å².